The molecule has 35 heavy (non-hydrogen) atoms. The molecule has 1 aromatic carbocycles. The lowest BCUT2D eigenvalue weighted by Gasteiger charge is -2.31. The number of halogens is 1. The highest BCUT2D eigenvalue weighted by molar-refractivity contribution is 6.30. The maximum Gasteiger partial charge on any atom is 0.240 e. The molecule has 6 rings (SSSR count). The molecule has 2 bridgehead atoms. The third-order valence-electron chi connectivity index (χ3n) is 7.60. The van der Waals surface area contributed by atoms with Crippen molar-refractivity contribution in [3.8, 4) is 11.9 Å². The number of hydrogen-bond acceptors (Lipinski definition) is 7. The SMILES string of the molecule is CC12CCC(CCOc3ccc(Cl)cn3)(O1)C1C(=O)N(c3ccc(C#N)c4ncccc34)C(=O)C12. The molecule has 3 saturated heterocycles. The molecule has 3 aromatic rings. The average Bonchev–Trinajstić information content (AvgIpc) is 3.44. The Morgan fingerprint density at radius 1 is 1.17 bits per heavy atom. The van der Waals surface area contributed by atoms with E-state index in [2.05, 4.69) is 16.0 Å². The van der Waals surface area contributed by atoms with Crippen molar-refractivity contribution in [3.63, 3.8) is 0 Å². The maximum atomic E-state index is 13.9. The first-order valence-corrected chi connectivity index (χ1v) is 11.8. The number of rotatable bonds is 5. The van der Waals surface area contributed by atoms with Crippen molar-refractivity contribution in [1.29, 1.82) is 5.26 Å². The average molecular weight is 489 g/mol. The smallest absolute Gasteiger partial charge is 0.240 e. The molecule has 0 radical (unpaired) electrons. The summed E-state index contributed by atoms with van der Waals surface area (Å²) in [5.74, 6) is -1.27. The Balaban J connectivity index is 1.33. The van der Waals surface area contributed by atoms with E-state index in [0.717, 1.165) is 0 Å². The van der Waals surface area contributed by atoms with Crippen LogP contribution in [-0.2, 0) is 14.3 Å². The second kappa shape index (κ2) is 7.74. The summed E-state index contributed by atoms with van der Waals surface area (Å²) >= 11 is 5.89. The van der Waals surface area contributed by atoms with E-state index in [1.165, 1.54) is 11.1 Å². The van der Waals surface area contributed by atoms with Crippen molar-refractivity contribution in [3.05, 3.63) is 59.4 Å². The molecule has 9 heteroatoms. The zero-order valence-corrected chi connectivity index (χ0v) is 19.7. The Morgan fingerprint density at radius 2 is 2.00 bits per heavy atom. The van der Waals surface area contributed by atoms with Crippen LogP contribution in [0.2, 0.25) is 5.02 Å². The summed E-state index contributed by atoms with van der Waals surface area (Å²) in [6, 6.07) is 12.3. The van der Waals surface area contributed by atoms with E-state index in [0.29, 0.717) is 58.9 Å². The normalized spacial score (nSPS) is 29.0. The standard InChI is InChI=1S/C26H21ClN4O4/c1-25-8-9-26(35-25,10-12-34-19-7-5-16(27)14-30-19)21-20(25)23(32)31(24(21)33)18-6-4-15(13-28)22-17(18)3-2-11-29-22/h2-7,11,14,20-21H,8-10,12H2,1H3. The Labute approximate surface area is 206 Å². The third kappa shape index (κ3) is 3.15. The molecule has 4 unspecified atom stereocenters. The van der Waals surface area contributed by atoms with Gasteiger partial charge in [0.1, 0.15) is 6.07 Å². The van der Waals surface area contributed by atoms with Gasteiger partial charge in [-0.15, -0.1) is 0 Å². The topological polar surface area (TPSA) is 105 Å². The molecule has 5 heterocycles. The van der Waals surface area contributed by atoms with Crippen molar-refractivity contribution >= 4 is 40.0 Å². The van der Waals surface area contributed by atoms with Crippen molar-refractivity contribution in [2.45, 2.75) is 37.4 Å². The largest absolute Gasteiger partial charge is 0.478 e. The van der Waals surface area contributed by atoms with Crippen LogP contribution in [0.3, 0.4) is 0 Å². The van der Waals surface area contributed by atoms with Gasteiger partial charge in [-0.05, 0) is 50.1 Å². The Bertz CT molecular complexity index is 1420. The van der Waals surface area contributed by atoms with Gasteiger partial charge in [0.25, 0.3) is 0 Å². The minimum absolute atomic E-state index is 0.265. The van der Waals surface area contributed by atoms with Crippen molar-refractivity contribution in [1.82, 2.24) is 9.97 Å². The van der Waals surface area contributed by atoms with Crippen LogP contribution in [0.1, 0.15) is 31.7 Å². The summed E-state index contributed by atoms with van der Waals surface area (Å²) < 4.78 is 12.3. The molecule has 176 valence electrons. The summed E-state index contributed by atoms with van der Waals surface area (Å²) in [4.78, 5) is 37.4. The number of anilines is 1. The fourth-order valence-corrected chi connectivity index (χ4v) is 6.18. The third-order valence-corrected chi connectivity index (χ3v) is 7.82. The Morgan fingerprint density at radius 3 is 2.77 bits per heavy atom. The van der Waals surface area contributed by atoms with Gasteiger partial charge in [0, 0.05) is 30.3 Å². The van der Waals surface area contributed by atoms with E-state index in [4.69, 9.17) is 21.1 Å². The minimum atomic E-state index is -0.784. The van der Waals surface area contributed by atoms with Crippen molar-refractivity contribution in [2.75, 3.05) is 11.5 Å². The van der Waals surface area contributed by atoms with Crippen LogP contribution in [0.5, 0.6) is 5.88 Å². The monoisotopic (exact) mass is 488 g/mol. The number of pyridine rings is 2. The Hall–Kier alpha value is -3.54. The predicted molar refractivity (Wildman–Crippen MR) is 127 cm³/mol. The number of hydrogen-bond donors (Lipinski definition) is 0. The van der Waals surface area contributed by atoms with Gasteiger partial charge in [0.05, 0.1) is 51.4 Å². The molecular formula is C26H21ClN4O4. The lowest BCUT2D eigenvalue weighted by Crippen LogP contribution is -2.43. The van der Waals surface area contributed by atoms with E-state index < -0.39 is 23.0 Å². The molecule has 8 nitrogen and oxygen atoms in total. The lowest BCUT2D eigenvalue weighted by molar-refractivity contribution is -0.131. The zero-order valence-electron chi connectivity index (χ0n) is 18.9. The number of benzene rings is 1. The number of aromatic nitrogens is 2. The van der Waals surface area contributed by atoms with E-state index >= 15 is 0 Å². The fourth-order valence-electron chi connectivity index (χ4n) is 6.07. The van der Waals surface area contributed by atoms with Gasteiger partial charge >= 0.3 is 0 Å². The number of amides is 2. The van der Waals surface area contributed by atoms with Gasteiger partial charge in [0.2, 0.25) is 17.7 Å². The van der Waals surface area contributed by atoms with Crippen LogP contribution >= 0.6 is 11.6 Å². The highest BCUT2D eigenvalue weighted by atomic mass is 35.5. The van der Waals surface area contributed by atoms with E-state index in [9.17, 15) is 14.9 Å². The van der Waals surface area contributed by atoms with Gasteiger partial charge in [0.15, 0.2) is 0 Å². The van der Waals surface area contributed by atoms with Gasteiger partial charge in [-0.3, -0.25) is 14.6 Å². The van der Waals surface area contributed by atoms with Crippen LogP contribution < -0.4 is 9.64 Å². The van der Waals surface area contributed by atoms with Crippen LogP contribution in [0.4, 0.5) is 5.69 Å². The molecule has 0 aliphatic carbocycles. The van der Waals surface area contributed by atoms with Gasteiger partial charge in [-0.1, -0.05) is 11.6 Å². The molecule has 3 aliphatic heterocycles. The quantitative estimate of drug-likeness (QED) is 0.499. The van der Waals surface area contributed by atoms with E-state index in [-0.39, 0.29) is 11.8 Å². The summed E-state index contributed by atoms with van der Waals surface area (Å²) in [7, 11) is 0. The minimum Gasteiger partial charge on any atom is -0.478 e. The summed E-state index contributed by atoms with van der Waals surface area (Å²) in [5, 5.41) is 10.6. The fraction of sp³-hybridized carbons (Fsp3) is 0.346. The van der Waals surface area contributed by atoms with Crippen LogP contribution in [0.25, 0.3) is 10.9 Å². The van der Waals surface area contributed by atoms with Crippen LogP contribution in [-0.4, -0.2) is 39.6 Å². The lowest BCUT2D eigenvalue weighted by atomic mass is 9.67. The second-order valence-electron chi connectivity index (χ2n) is 9.50. The number of imide groups is 1. The number of ether oxygens (including phenoxy) is 2. The van der Waals surface area contributed by atoms with E-state index in [1.807, 2.05) is 6.92 Å². The molecule has 0 spiro atoms. The number of carbonyl (C=O) groups is 2. The molecule has 3 fully saturated rings. The first-order chi connectivity index (χ1) is 16.9. The van der Waals surface area contributed by atoms with Gasteiger partial charge in [-0.25, -0.2) is 9.88 Å². The summed E-state index contributed by atoms with van der Waals surface area (Å²) in [6.07, 6.45) is 4.92. The highest BCUT2D eigenvalue weighted by Crippen LogP contribution is 2.62. The molecule has 0 saturated carbocycles. The molecule has 3 aliphatic rings. The summed E-state index contributed by atoms with van der Waals surface area (Å²) in [6.45, 7) is 2.22. The van der Waals surface area contributed by atoms with Gasteiger partial charge < -0.3 is 9.47 Å². The zero-order chi connectivity index (χ0) is 24.4. The summed E-state index contributed by atoms with van der Waals surface area (Å²) in [5.41, 5.74) is -0.187. The highest BCUT2D eigenvalue weighted by Gasteiger charge is 2.73. The predicted octanol–water partition coefficient (Wildman–Crippen LogP) is 4.05. The second-order valence-corrected chi connectivity index (χ2v) is 9.94. The first-order valence-electron chi connectivity index (χ1n) is 11.5. The molecule has 0 N–H and O–H groups in total. The van der Waals surface area contributed by atoms with Gasteiger partial charge in [-0.2, -0.15) is 5.26 Å². The number of nitrogens with zero attached hydrogens (tertiary/aromatic N) is 4. The molecule has 2 amide bonds. The molecular weight excluding hydrogens is 468 g/mol. The maximum absolute atomic E-state index is 13.9. The van der Waals surface area contributed by atoms with Crippen molar-refractivity contribution in [2.24, 2.45) is 11.8 Å². The van der Waals surface area contributed by atoms with Crippen LogP contribution in [0.15, 0.2) is 48.8 Å². The van der Waals surface area contributed by atoms with Crippen molar-refractivity contribution < 1.29 is 19.1 Å². The number of nitriles is 1. The first kappa shape index (κ1) is 22.0. The molecule has 4 atom stereocenters. The van der Waals surface area contributed by atoms with E-state index in [1.54, 1.807) is 42.6 Å². The number of carbonyl (C=O) groups excluding carboxylic acids is 2. The van der Waals surface area contributed by atoms with Crippen LogP contribution in [0, 0.1) is 23.2 Å². The number of fused-ring (bicyclic) bond motifs is 6. The molecule has 2 aromatic heterocycles. The Kier molecular flexibility index (Phi) is 4.85.